The summed E-state index contributed by atoms with van der Waals surface area (Å²) in [6, 6.07) is 7.56. The number of nitrogens with one attached hydrogen (secondary N) is 1. The highest BCUT2D eigenvalue weighted by molar-refractivity contribution is 6.39. The molecule has 1 heterocycles. The van der Waals surface area contributed by atoms with Gasteiger partial charge >= 0.3 is 11.8 Å². The van der Waals surface area contributed by atoms with E-state index >= 15 is 0 Å². The molecule has 0 atom stereocenters. The molecule has 0 aromatic heterocycles. The minimum absolute atomic E-state index is 0.201. The van der Waals surface area contributed by atoms with Crippen molar-refractivity contribution in [2.24, 2.45) is 11.7 Å². The van der Waals surface area contributed by atoms with Crippen LogP contribution < -0.4 is 11.1 Å². The molecular weight excluding hydrogens is 306 g/mol. The Morgan fingerprint density at radius 2 is 1.79 bits per heavy atom. The third-order valence-corrected chi connectivity index (χ3v) is 4.41. The van der Waals surface area contributed by atoms with Crippen molar-refractivity contribution in [2.45, 2.75) is 39.0 Å². The van der Waals surface area contributed by atoms with E-state index in [1.165, 1.54) is 10.5 Å². The molecule has 2 rings (SSSR count). The second-order valence-electron chi connectivity index (χ2n) is 6.22. The number of primary amides is 1. The van der Waals surface area contributed by atoms with Crippen molar-refractivity contribution in [1.82, 2.24) is 4.90 Å². The van der Waals surface area contributed by atoms with E-state index in [4.69, 9.17) is 5.73 Å². The van der Waals surface area contributed by atoms with E-state index in [2.05, 4.69) is 12.2 Å². The number of piperidine rings is 1. The molecule has 1 aliphatic heterocycles. The molecule has 3 N–H and O–H groups in total. The molecule has 1 aliphatic rings. The lowest BCUT2D eigenvalue weighted by molar-refractivity contribution is -0.144. The number of nitrogens with two attached hydrogens (primary N) is 1. The van der Waals surface area contributed by atoms with Gasteiger partial charge in [-0.1, -0.05) is 25.5 Å². The quantitative estimate of drug-likeness (QED) is 0.804. The topological polar surface area (TPSA) is 92.5 Å². The van der Waals surface area contributed by atoms with Gasteiger partial charge in [-0.3, -0.25) is 14.4 Å². The van der Waals surface area contributed by atoms with Crippen LogP contribution in [0.4, 0.5) is 5.69 Å². The number of aryl methyl sites for hydroxylation is 1. The van der Waals surface area contributed by atoms with Crippen molar-refractivity contribution in [3.63, 3.8) is 0 Å². The summed E-state index contributed by atoms with van der Waals surface area (Å²) < 4.78 is 0. The molecule has 0 saturated carbocycles. The summed E-state index contributed by atoms with van der Waals surface area (Å²) in [5.41, 5.74) is 7.10. The Kier molecular flexibility index (Phi) is 6.35. The zero-order chi connectivity index (χ0) is 17.5. The van der Waals surface area contributed by atoms with E-state index in [0.29, 0.717) is 31.6 Å². The normalized spacial score (nSPS) is 15.1. The van der Waals surface area contributed by atoms with E-state index in [1.54, 1.807) is 0 Å². The first-order chi connectivity index (χ1) is 11.5. The van der Waals surface area contributed by atoms with Crippen LogP contribution >= 0.6 is 0 Å². The molecule has 24 heavy (non-hydrogen) atoms. The Morgan fingerprint density at radius 1 is 1.17 bits per heavy atom. The maximum atomic E-state index is 12.2. The lowest BCUT2D eigenvalue weighted by Gasteiger charge is -2.29. The molecule has 1 fully saturated rings. The van der Waals surface area contributed by atoms with E-state index < -0.39 is 11.8 Å². The zero-order valence-corrected chi connectivity index (χ0v) is 14.1. The Morgan fingerprint density at radius 3 is 2.33 bits per heavy atom. The van der Waals surface area contributed by atoms with Gasteiger partial charge in [-0.2, -0.15) is 0 Å². The summed E-state index contributed by atoms with van der Waals surface area (Å²) in [5.74, 6) is -1.75. The molecule has 1 aromatic rings. The van der Waals surface area contributed by atoms with Gasteiger partial charge in [0.05, 0.1) is 0 Å². The van der Waals surface area contributed by atoms with Crippen molar-refractivity contribution in [3.05, 3.63) is 29.8 Å². The smallest absolute Gasteiger partial charge is 0.313 e. The van der Waals surface area contributed by atoms with Gasteiger partial charge in [0, 0.05) is 24.7 Å². The van der Waals surface area contributed by atoms with Crippen LogP contribution in [0.1, 0.15) is 38.2 Å². The third-order valence-electron chi connectivity index (χ3n) is 4.41. The maximum Gasteiger partial charge on any atom is 0.313 e. The molecule has 3 amide bonds. The number of nitrogens with zero attached hydrogens (tertiary/aromatic N) is 1. The summed E-state index contributed by atoms with van der Waals surface area (Å²) in [5, 5.41) is 2.63. The third kappa shape index (κ3) is 4.81. The Bertz CT molecular complexity index is 590. The molecule has 1 saturated heterocycles. The van der Waals surface area contributed by atoms with Gasteiger partial charge in [-0.05, 0) is 43.4 Å². The molecule has 0 aliphatic carbocycles. The van der Waals surface area contributed by atoms with Crippen LogP contribution in [0.25, 0.3) is 0 Å². The largest absolute Gasteiger partial charge is 0.369 e. The summed E-state index contributed by atoms with van der Waals surface area (Å²) in [4.78, 5) is 36.9. The Hall–Kier alpha value is -2.37. The van der Waals surface area contributed by atoms with Gasteiger partial charge in [0.2, 0.25) is 5.91 Å². The first kappa shape index (κ1) is 18.0. The molecule has 0 bridgehead atoms. The fraction of sp³-hybridized carbons (Fsp3) is 0.500. The summed E-state index contributed by atoms with van der Waals surface area (Å²) in [6.45, 7) is 2.91. The van der Waals surface area contributed by atoms with Crippen LogP contribution in [0.15, 0.2) is 24.3 Å². The van der Waals surface area contributed by atoms with Gasteiger partial charge in [-0.15, -0.1) is 0 Å². The van der Waals surface area contributed by atoms with Crippen molar-refractivity contribution in [3.8, 4) is 0 Å². The predicted molar refractivity (Wildman–Crippen MR) is 92.2 cm³/mol. The van der Waals surface area contributed by atoms with E-state index in [-0.39, 0.29) is 11.8 Å². The number of carbonyl (C=O) groups excluding carboxylic acids is 3. The monoisotopic (exact) mass is 331 g/mol. The second-order valence-corrected chi connectivity index (χ2v) is 6.22. The van der Waals surface area contributed by atoms with Crippen molar-refractivity contribution < 1.29 is 14.4 Å². The average molecular weight is 331 g/mol. The van der Waals surface area contributed by atoms with Gasteiger partial charge in [0.25, 0.3) is 0 Å². The van der Waals surface area contributed by atoms with Crippen molar-refractivity contribution in [1.29, 1.82) is 0 Å². The lowest BCUT2D eigenvalue weighted by atomic mass is 9.96. The van der Waals surface area contributed by atoms with Gasteiger partial charge in [0.15, 0.2) is 0 Å². The number of carbonyl (C=O) groups is 3. The Labute approximate surface area is 142 Å². The van der Waals surface area contributed by atoms with Crippen LogP contribution in [0.2, 0.25) is 0 Å². The van der Waals surface area contributed by atoms with Crippen LogP contribution in [0, 0.1) is 5.92 Å². The number of anilines is 1. The molecule has 1 aromatic carbocycles. The molecular formula is C18H25N3O3. The summed E-state index contributed by atoms with van der Waals surface area (Å²) >= 11 is 0. The highest BCUT2D eigenvalue weighted by Gasteiger charge is 2.29. The van der Waals surface area contributed by atoms with Crippen LogP contribution in [-0.2, 0) is 20.8 Å². The standard InChI is InChI=1S/C18H25N3O3/c1-2-3-4-13-5-7-15(8-6-13)20-17(23)18(24)21-11-9-14(10-12-21)16(19)22/h5-8,14H,2-4,9-12H2,1H3,(H2,19,22)(H,20,23). The minimum atomic E-state index is -0.645. The molecule has 130 valence electrons. The number of rotatable bonds is 5. The van der Waals surface area contributed by atoms with E-state index in [1.807, 2.05) is 24.3 Å². The molecule has 0 unspecified atom stereocenters. The SMILES string of the molecule is CCCCc1ccc(NC(=O)C(=O)N2CCC(C(N)=O)CC2)cc1. The van der Waals surface area contributed by atoms with E-state index in [9.17, 15) is 14.4 Å². The first-order valence-electron chi connectivity index (χ1n) is 8.49. The van der Waals surface area contributed by atoms with Gasteiger partial charge in [0.1, 0.15) is 0 Å². The maximum absolute atomic E-state index is 12.2. The average Bonchev–Trinajstić information content (AvgIpc) is 2.60. The minimum Gasteiger partial charge on any atom is -0.369 e. The summed E-state index contributed by atoms with van der Waals surface area (Å²) in [7, 11) is 0. The predicted octanol–water partition coefficient (Wildman–Crippen LogP) is 1.69. The highest BCUT2D eigenvalue weighted by Crippen LogP contribution is 2.17. The fourth-order valence-corrected chi connectivity index (χ4v) is 2.83. The number of benzene rings is 1. The second kappa shape index (κ2) is 8.47. The molecule has 0 radical (unpaired) electrons. The first-order valence-corrected chi connectivity index (χ1v) is 8.49. The molecule has 6 nitrogen and oxygen atoms in total. The fourth-order valence-electron chi connectivity index (χ4n) is 2.83. The lowest BCUT2D eigenvalue weighted by Crippen LogP contribution is -2.46. The number of amides is 3. The van der Waals surface area contributed by atoms with Crippen LogP contribution in [0.3, 0.4) is 0 Å². The number of hydrogen-bond acceptors (Lipinski definition) is 3. The number of likely N-dealkylation sites (tertiary alicyclic amines) is 1. The number of hydrogen-bond donors (Lipinski definition) is 2. The highest BCUT2D eigenvalue weighted by atomic mass is 16.2. The molecule has 6 heteroatoms. The van der Waals surface area contributed by atoms with E-state index in [0.717, 1.165) is 19.3 Å². The van der Waals surface area contributed by atoms with Crippen LogP contribution in [-0.4, -0.2) is 35.7 Å². The Balaban J connectivity index is 1.85. The van der Waals surface area contributed by atoms with Crippen molar-refractivity contribution in [2.75, 3.05) is 18.4 Å². The summed E-state index contributed by atoms with van der Waals surface area (Å²) in [6.07, 6.45) is 4.31. The van der Waals surface area contributed by atoms with Gasteiger partial charge < -0.3 is 16.0 Å². The van der Waals surface area contributed by atoms with Crippen LogP contribution in [0.5, 0.6) is 0 Å². The van der Waals surface area contributed by atoms with Gasteiger partial charge in [-0.25, -0.2) is 0 Å². The van der Waals surface area contributed by atoms with Crippen molar-refractivity contribution >= 4 is 23.4 Å². The zero-order valence-electron chi connectivity index (χ0n) is 14.1. The molecule has 0 spiro atoms. The number of unbranched alkanes of at least 4 members (excludes halogenated alkanes) is 1.